The molecule has 5 heteroatoms. The summed E-state index contributed by atoms with van der Waals surface area (Å²) < 4.78 is 0.756. The van der Waals surface area contributed by atoms with Crippen LogP contribution >= 0.6 is 34.3 Å². The van der Waals surface area contributed by atoms with Gasteiger partial charge in [-0.2, -0.15) is 0 Å². The lowest BCUT2D eigenvalue weighted by Gasteiger charge is -2.04. The molecular formula is C9H8ClNOS2. The molecule has 2 heterocycles. The van der Waals surface area contributed by atoms with E-state index in [-0.39, 0.29) is 0 Å². The zero-order valence-electron chi connectivity index (χ0n) is 7.18. The fraction of sp³-hybridized carbons (Fsp3) is 0.222. The van der Waals surface area contributed by atoms with Gasteiger partial charge in [0.1, 0.15) is 11.1 Å². The molecule has 0 spiro atoms. The van der Waals surface area contributed by atoms with E-state index in [1.165, 1.54) is 22.7 Å². The predicted molar refractivity (Wildman–Crippen MR) is 60.1 cm³/mol. The maximum absolute atomic E-state index is 9.78. The van der Waals surface area contributed by atoms with E-state index in [4.69, 9.17) is 11.6 Å². The average molecular weight is 246 g/mol. The summed E-state index contributed by atoms with van der Waals surface area (Å²) in [6.07, 6.45) is 1.78. The SMILES string of the molecule is OC(Cc1ccc(Cl)s1)c1nccs1. The number of rotatable bonds is 3. The highest BCUT2D eigenvalue weighted by atomic mass is 35.5. The van der Waals surface area contributed by atoms with Gasteiger partial charge in [0.2, 0.25) is 0 Å². The normalized spacial score (nSPS) is 13.0. The highest BCUT2D eigenvalue weighted by molar-refractivity contribution is 7.16. The Balaban J connectivity index is 2.05. The van der Waals surface area contributed by atoms with Gasteiger partial charge < -0.3 is 5.11 Å². The Kier molecular flexibility index (Phi) is 3.18. The second-order valence-electron chi connectivity index (χ2n) is 2.80. The van der Waals surface area contributed by atoms with Crippen molar-refractivity contribution in [3.63, 3.8) is 0 Å². The summed E-state index contributed by atoms with van der Waals surface area (Å²) in [7, 11) is 0. The zero-order chi connectivity index (χ0) is 9.97. The van der Waals surface area contributed by atoms with Gasteiger partial charge >= 0.3 is 0 Å². The first kappa shape index (κ1) is 10.1. The number of aromatic nitrogens is 1. The van der Waals surface area contributed by atoms with Crippen LogP contribution in [0.5, 0.6) is 0 Å². The van der Waals surface area contributed by atoms with Gasteiger partial charge in [-0.05, 0) is 12.1 Å². The van der Waals surface area contributed by atoms with Crippen molar-refractivity contribution in [1.82, 2.24) is 4.98 Å². The molecule has 14 heavy (non-hydrogen) atoms. The van der Waals surface area contributed by atoms with Gasteiger partial charge in [0.15, 0.2) is 0 Å². The van der Waals surface area contributed by atoms with E-state index in [1.54, 1.807) is 6.20 Å². The van der Waals surface area contributed by atoms with Crippen molar-refractivity contribution in [3.05, 3.63) is 37.9 Å². The average Bonchev–Trinajstić information content (AvgIpc) is 2.75. The topological polar surface area (TPSA) is 33.1 Å². The summed E-state index contributed by atoms with van der Waals surface area (Å²) in [5.41, 5.74) is 0. The molecule has 2 nitrogen and oxygen atoms in total. The Morgan fingerprint density at radius 2 is 2.36 bits per heavy atom. The number of aliphatic hydroxyl groups is 1. The van der Waals surface area contributed by atoms with Crippen LogP contribution in [0, 0.1) is 0 Å². The van der Waals surface area contributed by atoms with Crippen molar-refractivity contribution < 1.29 is 5.11 Å². The third-order valence-electron chi connectivity index (χ3n) is 1.76. The van der Waals surface area contributed by atoms with Crippen LogP contribution in [0.25, 0.3) is 0 Å². The molecule has 2 aromatic rings. The summed E-state index contributed by atoms with van der Waals surface area (Å²) >= 11 is 8.76. The number of halogens is 1. The number of thiophene rings is 1. The molecule has 0 radical (unpaired) electrons. The van der Waals surface area contributed by atoms with E-state index in [0.717, 1.165) is 14.2 Å². The minimum atomic E-state index is -0.510. The Labute approximate surface area is 94.8 Å². The second kappa shape index (κ2) is 4.40. The monoisotopic (exact) mass is 245 g/mol. The van der Waals surface area contributed by atoms with Crippen LogP contribution < -0.4 is 0 Å². The minimum absolute atomic E-state index is 0.510. The lowest BCUT2D eigenvalue weighted by Crippen LogP contribution is -1.99. The van der Waals surface area contributed by atoms with Gasteiger partial charge in [0, 0.05) is 22.9 Å². The molecule has 1 atom stereocenters. The van der Waals surface area contributed by atoms with E-state index in [1.807, 2.05) is 17.5 Å². The molecule has 74 valence electrons. The summed E-state index contributed by atoms with van der Waals surface area (Å²) in [4.78, 5) is 5.14. The van der Waals surface area contributed by atoms with Gasteiger partial charge in [-0.3, -0.25) is 0 Å². The van der Waals surface area contributed by atoms with Crippen molar-refractivity contribution in [2.24, 2.45) is 0 Å². The maximum atomic E-state index is 9.78. The van der Waals surface area contributed by atoms with E-state index < -0.39 is 6.10 Å². The first-order valence-corrected chi connectivity index (χ1v) is 6.15. The van der Waals surface area contributed by atoms with E-state index in [0.29, 0.717) is 6.42 Å². The molecule has 2 aromatic heterocycles. The summed E-state index contributed by atoms with van der Waals surface area (Å²) in [5.74, 6) is 0. The number of aliphatic hydroxyl groups excluding tert-OH is 1. The molecule has 0 aromatic carbocycles. The molecule has 1 N–H and O–H groups in total. The maximum Gasteiger partial charge on any atom is 0.122 e. The van der Waals surface area contributed by atoms with Crippen molar-refractivity contribution >= 4 is 34.3 Å². The molecule has 0 bridgehead atoms. The van der Waals surface area contributed by atoms with E-state index in [2.05, 4.69) is 4.98 Å². The van der Waals surface area contributed by atoms with Crippen molar-refractivity contribution in [3.8, 4) is 0 Å². The largest absolute Gasteiger partial charge is 0.386 e. The highest BCUT2D eigenvalue weighted by Crippen LogP contribution is 2.27. The molecule has 0 saturated carbocycles. The van der Waals surface area contributed by atoms with Gasteiger partial charge in [-0.15, -0.1) is 22.7 Å². The molecule has 0 saturated heterocycles. The number of thiazole rings is 1. The zero-order valence-corrected chi connectivity index (χ0v) is 9.57. The Morgan fingerprint density at radius 3 is 2.93 bits per heavy atom. The number of nitrogens with zero attached hydrogens (tertiary/aromatic N) is 1. The summed E-state index contributed by atoms with van der Waals surface area (Å²) in [5, 5.41) is 12.4. The van der Waals surface area contributed by atoms with Crippen LogP contribution in [-0.4, -0.2) is 10.1 Å². The van der Waals surface area contributed by atoms with Gasteiger partial charge in [-0.1, -0.05) is 11.6 Å². The van der Waals surface area contributed by atoms with Gasteiger partial charge in [0.05, 0.1) is 4.34 Å². The highest BCUT2D eigenvalue weighted by Gasteiger charge is 2.11. The van der Waals surface area contributed by atoms with Crippen LogP contribution in [0.3, 0.4) is 0 Å². The van der Waals surface area contributed by atoms with Gasteiger partial charge in [0.25, 0.3) is 0 Å². The molecule has 0 amide bonds. The molecule has 0 fully saturated rings. The van der Waals surface area contributed by atoms with Crippen LogP contribution in [0.2, 0.25) is 4.34 Å². The predicted octanol–water partition coefficient (Wildman–Crippen LogP) is 3.13. The fourth-order valence-corrected chi connectivity index (χ4v) is 2.89. The molecule has 2 rings (SSSR count). The van der Waals surface area contributed by atoms with E-state index in [9.17, 15) is 5.11 Å². The molecular weight excluding hydrogens is 238 g/mol. The minimum Gasteiger partial charge on any atom is -0.386 e. The molecule has 0 aliphatic carbocycles. The number of hydrogen-bond acceptors (Lipinski definition) is 4. The smallest absolute Gasteiger partial charge is 0.122 e. The third-order valence-corrected chi connectivity index (χ3v) is 3.89. The molecule has 0 aliphatic heterocycles. The Hall–Kier alpha value is -0.420. The molecule has 1 unspecified atom stereocenters. The van der Waals surface area contributed by atoms with Crippen LogP contribution in [-0.2, 0) is 6.42 Å². The second-order valence-corrected chi connectivity index (χ2v) is 5.52. The van der Waals surface area contributed by atoms with Crippen molar-refractivity contribution in [2.75, 3.05) is 0 Å². The third kappa shape index (κ3) is 2.33. The Bertz CT molecular complexity index is 399. The number of hydrogen-bond donors (Lipinski definition) is 1. The Morgan fingerprint density at radius 1 is 1.50 bits per heavy atom. The first-order valence-electron chi connectivity index (χ1n) is 4.07. The van der Waals surface area contributed by atoms with E-state index >= 15 is 0 Å². The van der Waals surface area contributed by atoms with Crippen LogP contribution in [0.15, 0.2) is 23.7 Å². The van der Waals surface area contributed by atoms with Crippen LogP contribution in [0.1, 0.15) is 16.0 Å². The first-order chi connectivity index (χ1) is 6.75. The lowest BCUT2D eigenvalue weighted by molar-refractivity contribution is 0.179. The van der Waals surface area contributed by atoms with Crippen molar-refractivity contribution in [2.45, 2.75) is 12.5 Å². The lowest BCUT2D eigenvalue weighted by atomic mass is 10.2. The van der Waals surface area contributed by atoms with Gasteiger partial charge in [-0.25, -0.2) is 4.98 Å². The molecule has 0 aliphatic rings. The standard InChI is InChI=1S/C9H8ClNOS2/c10-8-2-1-6(14-8)5-7(12)9-11-3-4-13-9/h1-4,7,12H,5H2. The van der Waals surface area contributed by atoms with Crippen LogP contribution in [0.4, 0.5) is 0 Å². The summed E-state index contributed by atoms with van der Waals surface area (Å²) in [6, 6.07) is 3.78. The summed E-state index contributed by atoms with van der Waals surface area (Å²) in [6.45, 7) is 0. The quantitative estimate of drug-likeness (QED) is 0.901. The van der Waals surface area contributed by atoms with Crippen molar-refractivity contribution in [1.29, 1.82) is 0 Å². The fourth-order valence-electron chi connectivity index (χ4n) is 1.14.